The Morgan fingerprint density at radius 2 is 2.00 bits per heavy atom. The fourth-order valence-corrected chi connectivity index (χ4v) is 2.73. The Morgan fingerprint density at radius 1 is 1.14 bits per heavy atom. The lowest BCUT2D eigenvalue weighted by molar-refractivity contribution is 0.191. The maximum atomic E-state index is 9.55. The number of aliphatic hydroxyl groups excluding tert-OH is 1. The number of aliphatic hydroxyl groups is 1. The van der Waals surface area contributed by atoms with E-state index in [2.05, 4.69) is 39.7 Å². The molecule has 0 bridgehead atoms. The fourth-order valence-electron chi connectivity index (χ4n) is 2.73. The molecule has 3 aromatic rings. The standard InChI is InChI=1S/C16H15N3O2/c20-13-8-14(17-9-13)16-18-15(19-21-16)12-6-5-10-3-1-2-4-11(10)7-12/h1-7,13-14,17,20H,8-9H2. The molecule has 21 heavy (non-hydrogen) atoms. The number of nitrogens with zero attached hydrogens (tertiary/aromatic N) is 2. The predicted octanol–water partition coefficient (Wildman–Crippen LogP) is 2.29. The van der Waals surface area contributed by atoms with Crippen LogP contribution in [0, 0.1) is 0 Å². The quantitative estimate of drug-likeness (QED) is 0.754. The van der Waals surface area contributed by atoms with E-state index in [-0.39, 0.29) is 12.1 Å². The number of fused-ring (bicyclic) bond motifs is 1. The topological polar surface area (TPSA) is 71.2 Å². The molecule has 2 heterocycles. The van der Waals surface area contributed by atoms with Gasteiger partial charge in [0.15, 0.2) is 0 Å². The summed E-state index contributed by atoms with van der Waals surface area (Å²) in [7, 11) is 0. The highest BCUT2D eigenvalue weighted by Crippen LogP contribution is 2.26. The van der Waals surface area contributed by atoms with Gasteiger partial charge in [-0.15, -0.1) is 0 Å². The zero-order chi connectivity index (χ0) is 14.2. The summed E-state index contributed by atoms with van der Waals surface area (Å²) in [5.74, 6) is 1.12. The van der Waals surface area contributed by atoms with Crippen LogP contribution in [0.5, 0.6) is 0 Å². The average molecular weight is 281 g/mol. The summed E-state index contributed by atoms with van der Waals surface area (Å²) in [5.41, 5.74) is 0.933. The number of nitrogens with one attached hydrogen (secondary N) is 1. The smallest absolute Gasteiger partial charge is 0.244 e. The largest absolute Gasteiger partial charge is 0.392 e. The van der Waals surface area contributed by atoms with E-state index < -0.39 is 0 Å². The highest BCUT2D eigenvalue weighted by atomic mass is 16.5. The van der Waals surface area contributed by atoms with Crippen molar-refractivity contribution in [3.8, 4) is 11.4 Å². The van der Waals surface area contributed by atoms with Crippen LogP contribution in [-0.4, -0.2) is 27.9 Å². The van der Waals surface area contributed by atoms with Crippen molar-refractivity contribution < 1.29 is 9.63 Å². The zero-order valence-corrected chi connectivity index (χ0v) is 11.4. The number of hydrogen-bond acceptors (Lipinski definition) is 5. The first-order chi connectivity index (χ1) is 10.3. The number of β-amino-alcohol motifs (C(OH)–C–C–N with tert-alkyl or cyclic N) is 1. The third kappa shape index (κ3) is 2.30. The van der Waals surface area contributed by atoms with Gasteiger partial charge in [-0.05, 0) is 23.3 Å². The highest BCUT2D eigenvalue weighted by Gasteiger charge is 2.28. The van der Waals surface area contributed by atoms with Gasteiger partial charge in [-0.3, -0.25) is 0 Å². The summed E-state index contributed by atoms with van der Waals surface area (Å²) < 4.78 is 5.33. The van der Waals surface area contributed by atoms with E-state index in [1.54, 1.807) is 0 Å². The van der Waals surface area contributed by atoms with Crippen molar-refractivity contribution >= 4 is 10.8 Å². The molecule has 1 saturated heterocycles. The van der Waals surface area contributed by atoms with Crippen LogP contribution in [0.15, 0.2) is 47.0 Å². The van der Waals surface area contributed by atoms with Crippen molar-refractivity contribution in [1.29, 1.82) is 0 Å². The molecule has 0 spiro atoms. The van der Waals surface area contributed by atoms with E-state index in [1.165, 1.54) is 5.39 Å². The van der Waals surface area contributed by atoms with Crippen LogP contribution in [0.1, 0.15) is 18.4 Å². The molecule has 2 aromatic carbocycles. The Bertz CT molecular complexity index is 784. The van der Waals surface area contributed by atoms with E-state index >= 15 is 0 Å². The van der Waals surface area contributed by atoms with Gasteiger partial charge in [-0.25, -0.2) is 0 Å². The fraction of sp³-hybridized carbons (Fsp3) is 0.250. The Kier molecular flexibility index (Phi) is 2.94. The van der Waals surface area contributed by atoms with E-state index in [0.717, 1.165) is 10.9 Å². The highest BCUT2D eigenvalue weighted by molar-refractivity contribution is 5.86. The van der Waals surface area contributed by atoms with Crippen molar-refractivity contribution in [2.24, 2.45) is 0 Å². The lowest BCUT2D eigenvalue weighted by Crippen LogP contribution is -2.15. The predicted molar refractivity (Wildman–Crippen MR) is 78.6 cm³/mol. The first-order valence-electron chi connectivity index (χ1n) is 7.04. The molecule has 0 saturated carbocycles. The molecule has 5 heteroatoms. The normalized spacial score (nSPS) is 22.0. The molecule has 1 fully saturated rings. The van der Waals surface area contributed by atoms with Gasteiger partial charge < -0.3 is 14.9 Å². The van der Waals surface area contributed by atoms with Crippen LogP contribution in [0.4, 0.5) is 0 Å². The minimum Gasteiger partial charge on any atom is -0.392 e. The molecular formula is C16H15N3O2. The molecule has 4 rings (SSSR count). The Morgan fingerprint density at radius 3 is 2.81 bits per heavy atom. The van der Waals surface area contributed by atoms with Crippen LogP contribution < -0.4 is 5.32 Å². The molecule has 2 unspecified atom stereocenters. The summed E-state index contributed by atoms with van der Waals surface area (Å²) in [6.45, 7) is 0.568. The van der Waals surface area contributed by atoms with Crippen molar-refractivity contribution in [2.45, 2.75) is 18.6 Å². The first kappa shape index (κ1) is 12.5. The Hall–Kier alpha value is -2.24. The molecular weight excluding hydrogens is 266 g/mol. The number of hydrogen-bond donors (Lipinski definition) is 2. The summed E-state index contributed by atoms with van der Waals surface area (Å²) in [6.07, 6.45) is 0.269. The average Bonchev–Trinajstić information content (AvgIpc) is 3.15. The minimum atomic E-state index is -0.342. The van der Waals surface area contributed by atoms with Gasteiger partial charge in [0.25, 0.3) is 0 Å². The van der Waals surface area contributed by atoms with Gasteiger partial charge in [0, 0.05) is 12.1 Å². The summed E-state index contributed by atoms with van der Waals surface area (Å²) in [6, 6.07) is 14.2. The maximum absolute atomic E-state index is 9.55. The molecule has 2 N–H and O–H groups in total. The number of rotatable bonds is 2. The molecule has 106 valence electrons. The van der Waals surface area contributed by atoms with Gasteiger partial charge in [-0.2, -0.15) is 4.98 Å². The van der Waals surface area contributed by atoms with Crippen LogP contribution in [0.3, 0.4) is 0 Å². The van der Waals surface area contributed by atoms with Gasteiger partial charge in [0.05, 0.1) is 12.1 Å². The van der Waals surface area contributed by atoms with Crippen LogP contribution >= 0.6 is 0 Å². The van der Waals surface area contributed by atoms with Crippen molar-refractivity contribution in [1.82, 2.24) is 15.5 Å². The number of aromatic nitrogens is 2. The van der Waals surface area contributed by atoms with Crippen molar-refractivity contribution in [3.63, 3.8) is 0 Å². The van der Waals surface area contributed by atoms with Gasteiger partial charge in [0.2, 0.25) is 11.7 Å². The second kappa shape index (κ2) is 4.95. The zero-order valence-electron chi connectivity index (χ0n) is 11.4. The minimum absolute atomic E-state index is 0.0540. The van der Waals surface area contributed by atoms with E-state index in [9.17, 15) is 5.11 Å². The Balaban J connectivity index is 1.67. The lowest BCUT2D eigenvalue weighted by atomic mass is 10.1. The maximum Gasteiger partial charge on any atom is 0.244 e. The van der Waals surface area contributed by atoms with Gasteiger partial charge in [-0.1, -0.05) is 41.6 Å². The second-order valence-electron chi connectivity index (χ2n) is 5.37. The van der Waals surface area contributed by atoms with E-state index in [0.29, 0.717) is 24.7 Å². The first-order valence-corrected chi connectivity index (χ1v) is 7.04. The second-order valence-corrected chi connectivity index (χ2v) is 5.37. The molecule has 1 aromatic heterocycles. The van der Waals surface area contributed by atoms with E-state index in [1.807, 2.05) is 18.2 Å². The molecule has 0 radical (unpaired) electrons. The van der Waals surface area contributed by atoms with Gasteiger partial charge >= 0.3 is 0 Å². The molecule has 2 atom stereocenters. The summed E-state index contributed by atoms with van der Waals surface area (Å²) in [5, 5.41) is 19.1. The molecule has 5 nitrogen and oxygen atoms in total. The van der Waals surface area contributed by atoms with E-state index in [4.69, 9.17) is 4.52 Å². The molecule has 1 aliphatic rings. The Labute approximate surface area is 121 Å². The molecule has 0 amide bonds. The van der Waals surface area contributed by atoms with Crippen molar-refractivity contribution in [3.05, 3.63) is 48.4 Å². The van der Waals surface area contributed by atoms with Crippen LogP contribution in [-0.2, 0) is 0 Å². The summed E-state index contributed by atoms with van der Waals surface area (Å²) >= 11 is 0. The SMILES string of the molecule is OC1CNC(c2nc(-c3ccc4ccccc4c3)no2)C1. The van der Waals surface area contributed by atoms with Crippen LogP contribution in [0.25, 0.3) is 22.2 Å². The molecule has 1 aliphatic heterocycles. The third-order valence-electron chi connectivity index (χ3n) is 3.86. The summed E-state index contributed by atoms with van der Waals surface area (Å²) in [4.78, 5) is 4.45. The molecule has 0 aliphatic carbocycles. The van der Waals surface area contributed by atoms with Crippen molar-refractivity contribution in [2.75, 3.05) is 6.54 Å². The monoisotopic (exact) mass is 281 g/mol. The van der Waals surface area contributed by atoms with Gasteiger partial charge in [0.1, 0.15) is 0 Å². The van der Waals surface area contributed by atoms with Crippen LogP contribution in [0.2, 0.25) is 0 Å². The number of benzene rings is 2. The third-order valence-corrected chi connectivity index (χ3v) is 3.86. The lowest BCUT2D eigenvalue weighted by Gasteiger charge is -2.02.